The average Bonchev–Trinajstić information content (AvgIpc) is 2.42. The van der Waals surface area contributed by atoms with Gasteiger partial charge >= 0.3 is 5.69 Å². The van der Waals surface area contributed by atoms with E-state index in [0.29, 0.717) is 5.56 Å². The van der Waals surface area contributed by atoms with Crippen molar-refractivity contribution >= 4 is 44.3 Å². The lowest BCUT2D eigenvalue weighted by molar-refractivity contribution is 0.103. The van der Waals surface area contributed by atoms with Crippen LogP contribution in [-0.4, -0.2) is 14.9 Å². The van der Waals surface area contributed by atoms with Crippen molar-refractivity contribution in [2.45, 2.75) is 0 Å². The van der Waals surface area contributed by atoms with Gasteiger partial charge in [0.25, 0.3) is 5.56 Å². The lowest BCUT2D eigenvalue weighted by atomic mass is 10.1. The van der Waals surface area contributed by atoms with Gasteiger partial charge in [0.1, 0.15) is 5.56 Å². The van der Waals surface area contributed by atoms with E-state index in [1.165, 1.54) is 24.9 Å². The highest BCUT2D eigenvalue weighted by atomic mass is 127. The largest absolute Gasteiger partial charge is 0.330 e. The van der Waals surface area contributed by atoms with Crippen LogP contribution in [0.15, 0.2) is 38.5 Å². The van der Waals surface area contributed by atoms with Gasteiger partial charge in [-0.2, -0.15) is 0 Å². The molecule has 0 amide bonds. The van der Waals surface area contributed by atoms with Crippen LogP contribution in [0.4, 0.5) is 0 Å². The molecule has 104 valence electrons. The van der Waals surface area contributed by atoms with E-state index in [1.807, 2.05) is 28.7 Å². The second-order valence-electron chi connectivity index (χ2n) is 4.25. The van der Waals surface area contributed by atoms with Crippen LogP contribution in [-0.2, 0) is 14.1 Å². The normalized spacial score (nSPS) is 10.6. The van der Waals surface area contributed by atoms with E-state index in [0.717, 1.165) is 12.6 Å². The number of benzene rings is 1. The molecule has 1 aromatic carbocycles. The molecule has 0 aliphatic carbocycles. The van der Waals surface area contributed by atoms with Crippen molar-refractivity contribution in [3.63, 3.8) is 0 Å². The molecule has 2 aromatic rings. The summed E-state index contributed by atoms with van der Waals surface area (Å²) in [6.45, 7) is 0. The van der Waals surface area contributed by atoms with Crippen LogP contribution in [0.3, 0.4) is 0 Å². The molecule has 20 heavy (non-hydrogen) atoms. The molecule has 1 aromatic heterocycles. The van der Waals surface area contributed by atoms with Gasteiger partial charge in [0, 0.05) is 33.9 Å². The first kappa shape index (κ1) is 15.2. The highest BCUT2D eigenvalue weighted by molar-refractivity contribution is 14.1. The number of carbonyl (C=O) groups excluding carboxylic acids is 1. The summed E-state index contributed by atoms with van der Waals surface area (Å²) in [7, 11) is 2.86. The summed E-state index contributed by atoms with van der Waals surface area (Å²) in [6, 6.07) is 5.26. The van der Waals surface area contributed by atoms with Crippen molar-refractivity contribution in [2.75, 3.05) is 0 Å². The number of hydrogen-bond donors (Lipinski definition) is 0. The molecule has 1 heterocycles. The Morgan fingerprint density at radius 2 is 1.85 bits per heavy atom. The molecule has 0 saturated carbocycles. The van der Waals surface area contributed by atoms with Gasteiger partial charge in [-0.1, -0.05) is 15.9 Å². The molecule has 0 saturated heterocycles. The Labute approximate surface area is 136 Å². The Morgan fingerprint density at radius 1 is 1.20 bits per heavy atom. The zero-order chi connectivity index (χ0) is 15.0. The second-order valence-corrected chi connectivity index (χ2v) is 6.33. The quantitative estimate of drug-likeness (QED) is 0.518. The number of rotatable bonds is 2. The Kier molecular flexibility index (Phi) is 4.28. The van der Waals surface area contributed by atoms with Crippen LogP contribution in [0, 0.1) is 3.57 Å². The zero-order valence-corrected chi connectivity index (χ0v) is 14.4. The molecule has 0 unspecified atom stereocenters. The van der Waals surface area contributed by atoms with Crippen molar-refractivity contribution in [1.82, 2.24) is 9.13 Å². The summed E-state index contributed by atoms with van der Waals surface area (Å²) in [5.74, 6) is -0.396. The first-order valence-electron chi connectivity index (χ1n) is 5.59. The number of aromatic nitrogens is 2. The molecule has 0 radical (unpaired) electrons. The molecular weight excluding hydrogens is 439 g/mol. The predicted molar refractivity (Wildman–Crippen MR) is 87.2 cm³/mol. The van der Waals surface area contributed by atoms with Gasteiger partial charge in [-0.25, -0.2) is 4.79 Å². The minimum absolute atomic E-state index is 0.0226. The Morgan fingerprint density at radius 3 is 2.50 bits per heavy atom. The summed E-state index contributed by atoms with van der Waals surface area (Å²) >= 11 is 5.34. The smallest absolute Gasteiger partial charge is 0.303 e. The second kappa shape index (κ2) is 5.65. The highest BCUT2D eigenvalue weighted by Gasteiger charge is 2.18. The third-order valence-corrected chi connectivity index (χ3v) is 4.30. The van der Waals surface area contributed by atoms with E-state index in [1.54, 1.807) is 12.1 Å². The highest BCUT2D eigenvalue weighted by Crippen LogP contribution is 2.20. The third-order valence-electron chi connectivity index (χ3n) is 2.86. The van der Waals surface area contributed by atoms with Gasteiger partial charge in [0.15, 0.2) is 0 Å². The van der Waals surface area contributed by atoms with Gasteiger partial charge in [-0.05, 0) is 40.8 Å². The number of ketones is 1. The van der Waals surface area contributed by atoms with Crippen molar-refractivity contribution in [2.24, 2.45) is 14.1 Å². The van der Waals surface area contributed by atoms with E-state index in [9.17, 15) is 14.4 Å². The Hall–Kier alpha value is -1.22. The van der Waals surface area contributed by atoms with Crippen molar-refractivity contribution in [1.29, 1.82) is 0 Å². The van der Waals surface area contributed by atoms with E-state index in [4.69, 9.17) is 0 Å². The fraction of sp³-hybridized carbons (Fsp3) is 0.154. The maximum atomic E-state index is 12.5. The minimum atomic E-state index is -0.589. The van der Waals surface area contributed by atoms with Crippen LogP contribution in [0.25, 0.3) is 0 Å². The Bertz CT molecular complexity index is 823. The summed E-state index contributed by atoms with van der Waals surface area (Å²) in [5, 5.41) is 0. The van der Waals surface area contributed by atoms with Crippen molar-refractivity contribution in [3.8, 4) is 0 Å². The minimum Gasteiger partial charge on any atom is -0.303 e. The number of aryl methyl sites for hydroxylation is 1. The van der Waals surface area contributed by atoms with Crippen molar-refractivity contribution in [3.05, 3.63) is 64.4 Å². The predicted octanol–water partition coefficient (Wildman–Crippen LogP) is 1.68. The van der Waals surface area contributed by atoms with Crippen LogP contribution in [0.1, 0.15) is 15.9 Å². The maximum Gasteiger partial charge on any atom is 0.330 e. The first-order chi connectivity index (χ1) is 9.32. The average molecular weight is 449 g/mol. The van der Waals surface area contributed by atoms with Gasteiger partial charge in [-0.3, -0.25) is 14.2 Å². The van der Waals surface area contributed by atoms with Gasteiger partial charge in [-0.15, -0.1) is 0 Å². The zero-order valence-electron chi connectivity index (χ0n) is 10.7. The molecule has 5 nitrogen and oxygen atoms in total. The van der Waals surface area contributed by atoms with E-state index < -0.39 is 17.0 Å². The summed E-state index contributed by atoms with van der Waals surface area (Å²) < 4.78 is 3.65. The van der Waals surface area contributed by atoms with E-state index in [2.05, 4.69) is 15.9 Å². The van der Waals surface area contributed by atoms with E-state index >= 15 is 0 Å². The first-order valence-corrected chi connectivity index (χ1v) is 7.46. The molecule has 0 aliphatic rings. The molecule has 0 N–H and O–H groups in total. The molecule has 2 rings (SSSR count). The number of nitrogens with zero attached hydrogens (tertiary/aromatic N) is 2. The summed E-state index contributed by atoms with van der Waals surface area (Å²) in [4.78, 5) is 36.2. The van der Waals surface area contributed by atoms with Crippen LogP contribution in [0.5, 0.6) is 0 Å². The maximum absolute atomic E-state index is 12.5. The molecule has 0 atom stereocenters. The SMILES string of the molecule is Cn1cc(C(=O)c2cc(Br)ccc2I)c(=O)n(C)c1=O. The topological polar surface area (TPSA) is 61.1 Å². The molecular formula is C13H10BrIN2O3. The molecule has 7 heteroatoms. The standard InChI is InChI=1S/C13H10BrIN2O3/c1-16-6-9(12(19)17(2)13(16)20)11(18)8-5-7(14)3-4-10(8)15/h3-6H,1-2H3. The Balaban J connectivity index is 2.69. The molecule has 0 bridgehead atoms. The van der Waals surface area contributed by atoms with Crippen LogP contribution >= 0.6 is 38.5 Å². The number of hydrogen-bond acceptors (Lipinski definition) is 3. The lowest BCUT2D eigenvalue weighted by Crippen LogP contribution is -2.39. The van der Waals surface area contributed by atoms with Gasteiger partial charge in [0.05, 0.1) is 0 Å². The van der Waals surface area contributed by atoms with Crippen LogP contribution < -0.4 is 11.2 Å². The van der Waals surface area contributed by atoms with Crippen LogP contribution in [0.2, 0.25) is 0 Å². The summed E-state index contributed by atoms with van der Waals surface area (Å²) in [6.07, 6.45) is 1.28. The van der Waals surface area contributed by atoms with Gasteiger partial charge in [0.2, 0.25) is 5.78 Å². The molecule has 0 spiro atoms. The monoisotopic (exact) mass is 448 g/mol. The summed E-state index contributed by atoms with van der Waals surface area (Å²) in [5.41, 5.74) is -0.647. The fourth-order valence-corrected chi connectivity index (χ4v) is 2.72. The van der Waals surface area contributed by atoms with E-state index in [-0.39, 0.29) is 5.56 Å². The molecule has 0 fully saturated rings. The third kappa shape index (κ3) is 2.64. The van der Waals surface area contributed by atoms with Gasteiger partial charge < -0.3 is 4.57 Å². The fourth-order valence-electron chi connectivity index (χ4n) is 1.78. The number of carbonyl (C=O) groups is 1. The van der Waals surface area contributed by atoms with Crippen molar-refractivity contribution < 1.29 is 4.79 Å². The molecule has 0 aliphatic heterocycles. The number of halogens is 2. The lowest BCUT2D eigenvalue weighted by Gasteiger charge is -2.07.